The van der Waals surface area contributed by atoms with Crippen LogP contribution in [0.15, 0.2) is 18.2 Å². The summed E-state index contributed by atoms with van der Waals surface area (Å²) in [5.74, 6) is -0.167. The number of carboxylic acids is 1. The molecule has 0 spiro atoms. The van der Waals surface area contributed by atoms with Gasteiger partial charge in [-0.05, 0) is 38.0 Å². The Morgan fingerprint density at radius 1 is 1.26 bits per heavy atom. The second kappa shape index (κ2) is 7.85. The number of nitrogens with zero attached hydrogens (tertiary/aromatic N) is 1. The van der Waals surface area contributed by atoms with Crippen LogP contribution in [0, 0.1) is 5.92 Å². The molecular formula is C17H23NO5. The first-order valence-corrected chi connectivity index (χ1v) is 7.94. The molecule has 1 aromatic rings. The average molecular weight is 321 g/mol. The largest absolute Gasteiger partial charge is 0.490 e. The molecule has 0 bridgehead atoms. The number of aliphatic carboxylic acids is 1. The summed E-state index contributed by atoms with van der Waals surface area (Å²) in [5.41, 5.74) is 1.03. The SMILES string of the molecule is CCOc1ccc(CCN2CC(C(=O)O)CC2=O)cc1OCC. The Kier molecular flexibility index (Phi) is 5.84. The van der Waals surface area contributed by atoms with Crippen molar-refractivity contribution >= 4 is 11.9 Å². The summed E-state index contributed by atoms with van der Waals surface area (Å²) in [6.45, 7) is 5.76. The Labute approximate surface area is 136 Å². The van der Waals surface area contributed by atoms with Crippen LogP contribution in [0.25, 0.3) is 0 Å². The Hall–Kier alpha value is -2.24. The van der Waals surface area contributed by atoms with Crippen molar-refractivity contribution in [1.82, 2.24) is 4.90 Å². The Morgan fingerprint density at radius 3 is 2.57 bits per heavy atom. The third-order valence-corrected chi connectivity index (χ3v) is 3.84. The van der Waals surface area contributed by atoms with Crippen molar-refractivity contribution in [3.8, 4) is 11.5 Å². The Morgan fingerprint density at radius 2 is 1.96 bits per heavy atom. The fraction of sp³-hybridized carbons (Fsp3) is 0.529. The molecule has 1 aliphatic heterocycles. The van der Waals surface area contributed by atoms with E-state index < -0.39 is 11.9 Å². The number of rotatable bonds is 8. The minimum absolute atomic E-state index is 0.0895. The third kappa shape index (κ3) is 4.37. The van der Waals surface area contributed by atoms with E-state index in [1.165, 1.54) is 0 Å². The van der Waals surface area contributed by atoms with E-state index in [0.717, 1.165) is 5.56 Å². The van der Waals surface area contributed by atoms with Crippen LogP contribution in [0.1, 0.15) is 25.8 Å². The zero-order valence-corrected chi connectivity index (χ0v) is 13.6. The van der Waals surface area contributed by atoms with E-state index in [9.17, 15) is 9.59 Å². The molecule has 1 aromatic carbocycles. The highest BCUT2D eigenvalue weighted by Crippen LogP contribution is 2.29. The molecule has 1 unspecified atom stereocenters. The molecule has 0 radical (unpaired) electrons. The molecule has 1 heterocycles. The van der Waals surface area contributed by atoms with Crippen LogP contribution in [0.5, 0.6) is 11.5 Å². The predicted molar refractivity (Wildman–Crippen MR) is 84.8 cm³/mol. The molecule has 0 saturated carbocycles. The van der Waals surface area contributed by atoms with Crippen LogP contribution in [0.4, 0.5) is 0 Å². The molecule has 126 valence electrons. The molecule has 1 amide bonds. The fourth-order valence-electron chi connectivity index (χ4n) is 2.67. The van der Waals surface area contributed by atoms with Crippen molar-refractivity contribution in [3.63, 3.8) is 0 Å². The van der Waals surface area contributed by atoms with Gasteiger partial charge in [0.2, 0.25) is 5.91 Å². The second-order valence-electron chi connectivity index (χ2n) is 5.48. The van der Waals surface area contributed by atoms with E-state index in [4.69, 9.17) is 14.6 Å². The van der Waals surface area contributed by atoms with Gasteiger partial charge in [0.05, 0.1) is 19.1 Å². The molecule has 6 heteroatoms. The number of amides is 1. The van der Waals surface area contributed by atoms with Crippen molar-refractivity contribution < 1.29 is 24.2 Å². The number of carboxylic acid groups (broad SMARTS) is 1. The lowest BCUT2D eigenvalue weighted by Crippen LogP contribution is -2.28. The standard InChI is InChI=1S/C17H23NO5/c1-3-22-14-6-5-12(9-15(14)23-4-2)7-8-18-11-13(17(20)21)10-16(18)19/h5-6,9,13H,3-4,7-8,10-11H2,1-2H3,(H,20,21). The van der Waals surface area contributed by atoms with Crippen LogP contribution in [-0.4, -0.2) is 48.2 Å². The van der Waals surface area contributed by atoms with Crippen LogP contribution < -0.4 is 9.47 Å². The topological polar surface area (TPSA) is 76.1 Å². The van der Waals surface area contributed by atoms with E-state index in [-0.39, 0.29) is 12.3 Å². The van der Waals surface area contributed by atoms with Gasteiger partial charge >= 0.3 is 5.97 Å². The van der Waals surface area contributed by atoms with Gasteiger partial charge in [-0.1, -0.05) is 6.07 Å². The summed E-state index contributed by atoms with van der Waals surface area (Å²) in [6.07, 6.45) is 0.757. The van der Waals surface area contributed by atoms with Crippen LogP contribution in [0.2, 0.25) is 0 Å². The summed E-state index contributed by atoms with van der Waals surface area (Å²) in [7, 11) is 0. The zero-order chi connectivity index (χ0) is 16.8. The summed E-state index contributed by atoms with van der Waals surface area (Å²) >= 11 is 0. The first-order chi connectivity index (χ1) is 11.0. The molecule has 1 N–H and O–H groups in total. The molecule has 0 aliphatic carbocycles. The van der Waals surface area contributed by atoms with Gasteiger partial charge in [-0.3, -0.25) is 9.59 Å². The molecule has 2 rings (SSSR count). The molecule has 0 aromatic heterocycles. The molecule has 1 fully saturated rings. The number of ether oxygens (including phenoxy) is 2. The predicted octanol–water partition coefficient (Wildman–Crippen LogP) is 1.96. The quantitative estimate of drug-likeness (QED) is 0.792. The number of benzene rings is 1. The van der Waals surface area contributed by atoms with E-state index >= 15 is 0 Å². The van der Waals surface area contributed by atoms with Gasteiger partial charge in [-0.2, -0.15) is 0 Å². The molecular weight excluding hydrogens is 298 g/mol. The summed E-state index contributed by atoms with van der Waals surface area (Å²) in [4.78, 5) is 24.4. The lowest BCUT2D eigenvalue weighted by molar-refractivity contribution is -0.141. The summed E-state index contributed by atoms with van der Waals surface area (Å²) in [5, 5.41) is 9.00. The minimum atomic E-state index is -0.902. The van der Waals surface area contributed by atoms with E-state index in [2.05, 4.69) is 0 Å². The smallest absolute Gasteiger partial charge is 0.308 e. The maximum Gasteiger partial charge on any atom is 0.308 e. The Bertz CT molecular complexity index is 572. The van der Waals surface area contributed by atoms with E-state index in [1.54, 1.807) is 4.90 Å². The van der Waals surface area contributed by atoms with Gasteiger partial charge in [0, 0.05) is 19.5 Å². The van der Waals surface area contributed by atoms with Crippen molar-refractivity contribution in [1.29, 1.82) is 0 Å². The van der Waals surface area contributed by atoms with Crippen LogP contribution in [-0.2, 0) is 16.0 Å². The van der Waals surface area contributed by atoms with Gasteiger partial charge in [-0.15, -0.1) is 0 Å². The van der Waals surface area contributed by atoms with Crippen molar-refractivity contribution in [2.45, 2.75) is 26.7 Å². The van der Waals surface area contributed by atoms with Crippen LogP contribution >= 0.6 is 0 Å². The minimum Gasteiger partial charge on any atom is -0.490 e. The average Bonchev–Trinajstić information content (AvgIpc) is 2.89. The number of likely N-dealkylation sites (tertiary alicyclic amines) is 1. The van der Waals surface area contributed by atoms with Gasteiger partial charge in [0.25, 0.3) is 0 Å². The Balaban J connectivity index is 1.99. The molecule has 6 nitrogen and oxygen atoms in total. The number of hydrogen-bond acceptors (Lipinski definition) is 4. The number of carbonyl (C=O) groups excluding carboxylic acids is 1. The van der Waals surface area contributed by atoms with Gasteiger partial charge < -0.3 is 19.5 Å². The lowest BCUT2D eigenvalue weighted by Gasteiger charge is -2.17. The van der Waals surface area contributed by atoms with E-state index in [0.29, 0.717) is 44.2 Å². The molecule has 1 atom stereocenters. The van der Waals surface area contributed by atoms with Gasteiger partial charge in [0.1, 0.15) is 0 Å². The van der Waals surface area contributed by atoms with Crippen molar-refractivity contribution in [2.75, 3.05) is 26.3 Å². The normalized spacial score (nSPS) is 17.4. The van der Waals surface area contributed by atoms with Gasteiger partial charge in [0.15, 0.2) is 11.5 Å². The zero-order valence-electron chi connectivity index (χ0n) is 13.6. The highest BCUT2D eigenvalue weighted by molar-refractivity contribution is 5.86. The molecule has 23 heavy (non-hydrogen) atoms. The number of carbonyl (C=O) groups is 2. The molecule has 1 saturated heterocycles. The summed E-state index contributed by atoms with van der Waals surface area (Å²) in [6, 6.07) is 5.74. The second-order valence-corrected chi connectivity index (χ2v) is 5.48. The fourth-order valence-corrected chi connectivity index (χ4v) is 2.67. The van der Waals surface area contributed by atoms with Gasteiger partial charge in [-0.25, -0.2) is 0 Å². The highest BCUT2D eigenvalue weighted by Gasteiger charge is 2.33. The first-order valence-electron chi connectivity index (χ1n) is 7.94. The third-order valence-electron chi connectivity index (χ3n) is 3.84. The molecule has 1 aliphatic rings. The maximum atomic E-state index is 11.8. The number of hydrogen-bond donors (Lipinski definition) is 1. The monoisotopic (exact) mass is 321 g/mol. The highest BCUT2D eigenvalue weighted by atomic mass is 16.5. The van der Waals surface area contributed by atoms with Crippen molar-refractivity contribution in [3.05, 3.63) is 23.8 Å². The van der Waals surface area contributed by atoms with Crippen molar-refractivity contribution in [2.24, 2.45) is 5.92 Å². The maximum absolute atomic E-state index is 11.8. The lowest BCUT2D eigenvalue weighted by atomic mass is 10.1. The van der Waals surface area contributed by atoms with E-state index in [1.807, 2.05) is 32.0 Å². The summed E-state index contributed by atoms with van der Waals surface area (Å²) < 4.78 is 11.1. The first kappa shape index (κ1) is 17.1. The van der Waals surface area contributed by atoms with Crippen LogP contribution in [0.3, 0.4) is 0 Å².